The van der Waals surface area contributed by atoms with Crippen molar-refractivity contribution in [1.82, 2.24) is 5.32 Å². The Bertz CT molecular complexity index is 217. The summed E-state index contributed by atoms with van der Waals surface area (Å²) in [5, 5.41) is 4.37. The van der Waals surface area contributed by atoms with Crippen molar-refractivity contribution in [2.75, 3.05) is 6.54 Å². The fourth-order valence-electron chi connectivity index (χ4n) is 2.90. The molecule has 0 aromatic heterocycles. The number of rotatable bonds is 5. The largest absolute Gasteiger partial charge is 0.308 e. The molecule has 0 saturated heterocycles. The summed E-state index contributed by atoms with van der Waals surface area (Å²) in [5.74, 6) is 1.84. The maximum Gasteiger partial charge on any atom is 0.0310 e. The Morgan fingerprint density at radius 3 is 2.27 bits per heavy atom. The van der Waals surface area contributed by atoms with Gasteiger partial charge in [-0.15, -0.1) is 0 Å². The molecule has 0 aliphatic heterocycles. The quantitative estimate of drug-likeness (QED) is 0.756. The Hall–Kier alpha value is -0.0100. The predicted molar refractivity (Wildman–Crippen MR) is 66.1 cm³/mol. The molecule has 2 rings (SSSR count). The van der Waals surface area contributed by atoms with Crippen LogP contribution in [0.25, 0.3) is 0 Å². The first-order valence-corrected chi connectivity index (χ1v) is 6.72. The second-order valence-corrected chi connectivity index (χ2v) is 5.69. The Kier molecular flexibility index (Phi) is 4.10. The zero-order chi connectivity index (χ0) is 10.7. The number of nitrogens with one attached hydrogen (secondary N) is 1. The second-order valence-electron chi connectivity index (χ2n) is 5.16. The molecule has 2 heteroatoms. The van der Waals surface area contributed by atoms with Gasteiger partial charge in [0.25, 0.3) is 0 Å². The Morgan fingerprint density at radius 2 is 1.73 bits per heavy atom. The van der Waals surface area contributed by atoms with E-state index in [2.05, 4.69) is 11.9 Å². The molecule has 2 saturated carbocycles. The molecule has 0 spiro atoms. The van der Waals surface area contributed by atoms with Gasteiger partial charge in [0, 0.05) is 17.6 Å². The lowest BCUT2D eigenvalue weighted by Crippen LogP contribution is -2.39. The highest BCUT2D eigenvalue weighted by Gasteiger charge is 2.36. The zero-order valence-corrected chi connectivity index (χ0v) is 10.2. The van der Waals surface area contributed by atoms with Crippen LogP contribution >= 0.6 is 11.6 Å². The van der Waals surface area contributed by atoms with Gasteiger partial charge in [0.05, 0.1) is 0 Å². The van der Waals surface area contributed by atoms with E-state index in [0.29, 0.717) is 0 Å². The van der Waals surface area contributed by atoms with Crippen LogP contribution in [0, 0.1) is 11.8 Å². The molecule has 0 radical (unpaired) electrons. The molecule has 2 aliphatic rings. The van der Waals surface area contributed by atoms with Gasteiger partial charge in [-0.2, -0.15) is 0 Å². The summed E-state index contributed by atoms with van der Waals surface area (Å²) in [6.07, 6.45) is 9.97. The Labute approximate surface area is 98.3 Å². The van der Waals surface area contributed by atoms with Crippen molar-refractivity contribution >= 4 is 11.6 Å². The third kappa shape index (κ3) is 3.49. The monoisotopic (exact) mass is 227 g/mol. The van der Waals surface area contributed by atoms with Crippen molar-refractivity contribution < 1.29 is 0 Å². The van der Waals surface area contributed by atoms with Crippen LogP contribution in [0.3, 0.4) is 0 Å². The summed E-state index contributed by atoms with van der Waals surface area (Å²) < 4.78 is 0. The standard InChI is InChI=1S/C13H22ClN/c1-10(14)9-15-13(12-7-8-12)11-5-3-2-4-6-11/h11-13,15H,1-9H2. The van der Waals surface area contributed by atoms with Crippen molar-refractivity contribution in [3.8, 4) is 0 Å². The molecule has 1 unspecified atom stereocenters. The van der Waals surface area contributed by atoms with Crippen molar-refractivity contribution in [2.24, 2.45) is 11.8 Å². The van der Waals surface area contributed by atoms with Gasteiger partial charge in [0.15, 0.2) is 0 Å². The van der Waals surface area contributed by atoms with Gasteiger partial charge in [-0.05, 0) is 37.5 Å². The van der Waals surface area contributed by atoms with Gasteiger partial charge in [0.1, 0.15) is 0 Å². The van der Waals surface area contributed by atoms with E-state index < -0.39 is 0 Å². The zero-order valence-electron chi connectivity index (χ0n) is 9.47. The van der Waals surface area contributed by atoms with Crippen LogP contribution in [0.4, 0.5) is 0 Å². The summed E-state index contributed by atoms with van der Waals surface area (Å²) in [7, 11) is 0. The molecular weight excluding hydrogens is 206 g/mol. The van der Waals surface area contributed by atoms with Gasteiger partial charge in [-0.25, -0.2) is 0 Å². The first-order valence-electron chi connectivity index (χ1n) is 6.34. The fraction of sp³-hybridized carbons (Fsp3) is 0.846. The molecule has 0 bridgehead atoms. The van der Waals surface area contributed by atoms with E-state index >= 15 is 0 Å². The first-order chi connectivity index (χ1) is 7.27. The normalized spacial score (nSPS) is 25.1. The highest BCUT2D eigenvalue weighted by molar-refractivity contribution is 6.29. The minimum atomic E-state index is 0.723. The van der Waals surface area contributed by atoms with Crippen LogP contribution in [0.15, 0.2) is 11.6 Å². The minimum Gasteiger partial charge on any atom is -0.308 e. The third-order valence-electron chi connectivity index (χ3n) is 3.82. The van der Waals surface area contributed by atoms with Gasteiger partial charge in [-0.1, -0.05) is 37.4 Å². The molecule has 1 atom stereocenters. The predicted octanol–water partition coefficient (Wildman–Crippen LogP) is 3.69. The summed E-state index contributed by atoms with van der Waals surface area (Å²) >= 11 is 5.83. The summed E-state index contributed by atoms with van der Waals surface area (Å²) in [4.78, 5) is 0. The van der Waals surface area contributed by atoms with E-state index in [1.54, 1.807) is 0 Å². The summed E-state index contributed by atoms with van der Waals surface area (Å²) in [6, 6.07) is 0.723. The number of hydrogen-bond donors (Lipinski definition) is 1. The fourth-order valence-corrected chi connectivity index (χ4v) is 2.97. The maximum absolute atomic E-state index is 5.83. The van der Waals surface area contributed by atoms with E-state index in [0.717, 1.165) is 29.5 Å². The van der Waals surface area contributed by atoms with Gasteiger partial charge >= 0.3 is 0 Å². The van der Waals surface area contributed by atoms with Crippen molar-refractivity contribution in [1.29, 1.82) is 0 Å². The number of hydrogen-bond acceptors (Lipinski definition) is 1. The second kappa shape index (κ2) is 5.36. The Morgan fingerprint density at radius 1 is 1.13 bits per heavy atom. The molecule has 1 nitrogen and oxygen atoms in total. The molecular formula is C13H22ClN. The van der Waals surface area contributed by atoms with Crippen LogP contribution in [-0.4, -0.2) is 12.6 Å². The molecule has 0 aromatic carbocycles. The number of halogens is 1. The average Bonchev–Trinajstić information content (AvgIpc) is 3.03. The van der Waals surface area contributed by atoms with Crippen molar-refractivity contribution in [3.63, 3.8) is 0 Å². The molecule has 2 aliphatic carbocycles. The van der Waals surface area contributed by atoms with E-state index in [9.17, 15) is 0 Å². The summed E-state index contributed by atoms with van der Waals surface area (Å²) in [5.41, 5.74) is 0. The van der Waals surface area contributed by atoms with Crippen LogP contribution in [0.1, 0.15) is 44.9 Å². The highest BCUT2D eigenvalue weighted by atomic mass is 35.5. The van der Waals surface area contributed by atoms with Gasteiger partial charge < -0.3 is 5.32 Å². The third-order valence-corrected chi connectivity index (χ3v) is 3.95. The molecule has 1 N–H and O–H groups in total. The highest BCUT2D eigenvalue weighted by Crippen LogP contribution is 2.40. The average molecular weight is 228 g/mol. The van der Waals surface area contributed by atoms with Crippen LogP contribution in [0.5, 0.6) is 0 Å². The lowest BCUT2D eigenvalue weighted by atomic mass is 9.82. The minimum absolute atomic E-state index is 0.723. The lowest BCUT2D eigenvalue weighted by molar-refractivity contribution is 0.252. The molecule has 15 heavy (non-hydrogen) atoms. The van der Waals surface area contributed by atoms with E-state index in [1.807, 2.05) is 0 Å². The topological polar surface area (TPSA) is 12.0 Å². The first kappa shape index (κ1) is 11.5. The van der Waals surface area contributed by atoms with E-state index in [4.69, 9.17) is 11.6 Å². The maximum atomic E-state index is 5.83. The van der Waals surface area contributed by atoms with Crippen molar-refractivity contribution in [3.05, 3.63) is 11.6 Å². The molecule has 2 fully saturated rings. The molecule has 0 aromatic rings. The molecule has 0 amide bonds. The van der Waals surface area contributed by atoms with Gasteiger partial charge in [0.2, 0.25) is 0 Å². The van der Waals surface area contributed by atoms with Gasteiger partial charge in [-0.3, -0.25) is 0 Å². The van der Waals surface area contributed by atoms with E-state index in [-0.39, 0.29) is 0 Å². The SMILES string of the molecule is C=C(Cl)CNC(C1CCCCC1)C1CC1. The molecule has 0 heterocycles. The smallest absolute Gasteiger partial charge is 0.0310 e. The van der Waals surface area contributed by atoms with Crippen molar-refractivity contribution in [2.45, 2.75) is 51.0 Å². The van der Waals surface area contributed by atoms with Crippen LogP contribution in [-0.2, 0) is 0 Å². The summed E-state index contributed by atoms with van der Waals surface area (Å²) in [6.45, 7) is 4.55. The van der Waals surface area contributed by atoms with E-state index in [1.165, 1.54) is 44.9 Å². The van der Waals surface area contributed by atoms with Crippen LogP contribution < -0.4 is 5.32 Å². The molecule has 86 valence electrons. The Balaban J connectivity index is 1.83. The lowest BCUT2D eigenvalue weighted by Gasteiger charge is -2.31. The van der Waals surface area contributed by atoms with Crippen LogP contribution in [0.2, 0.25) is 0 Å².